The summed E-state index contributed by atoms with van der Waals surface area (Å²) in [5.41, 5.74) is 3.91. The third kappa shape index (κ3) is 2.92. The number of hydrogen-bond donors (Lipinski definition) is 1. The van der Waals surface area contributed by atoms with Crippen molar-refractivity contribution in [2.45, 2.75) is 25.9 Å². The highest BCUT2D eigenvalue weighted by atomic mass is 16.2. The van der Waals surface area contributed by atoms with Crippen molar-refractivity contribution in [2.75, 3.05) is 13.1 Å². The van der Waals surface area contributed by atoms with Crippen molar-refractivity contribution in [1.29, 1.82) is 5.26 Å². The van der Waals surface area contributed by atoms with Crippen LogP contribution in [0.5, 0.6) is 0 Å². The Morgan fingerprint density at radius 3 is 2.72 bits per heavy atom. The van der Waals surface area contributed by atoms with Crippen LogP contribution in [0.25, 0.3) is 0 Å². The van der Waals surface area contributed by atoms with E-state index in [1.165, 1.54) is 11.1 Å². The second-order valence-electron chi connectivity index (χ2n) is 7.14. The zero-order valence-electron chi connectivity index (χ0n) is 14.2. The summed E-state index contributed by atoms with van der Waals surface area (Å²) in [7, 11) is 0. The van der Waals surface area contributed by atoms with Crippen molar-refractivity contribution >= 4 is 5.91 Å². The maximum Gasteiger partial charge on any atom is 0.228 e. The molecule has 0 aromatic heterocycles. The van der Waals surface area contributed by atoms with Gasteiger partial charge in [0.1, 0.15) is 0 Å². The SMILES string of the molecule is N#Cc1ccccc1CN1CCC2(Cc3ccccc3CNC2=O)C1. The first-order chi connectivity index (χ1) is 12.2. The number of fused-ring (bicyclic) bond motifs is 1. The van der Waals surface area contributed by atoms with Crippen LogP contribution in [0.2, 0.25) is 0 Å². The van der Waals surface area contributed by atoms with Gasteiger partial charge in [0.25, 0.3) is 0 Å². The highest BCUT2D eigenvalue weighted by molar-refractivity contribution is 5.84. The monoisotopic (exact) mass is 331 g/mol. The Morgan fingerprint density at radius 2 is 1.88 bits per heavy atom. The summed E-state index contributed by atoms with van der Waals surface area (Å²) < 4.78 is 0. The van der Waals surface area contributed by atoms with Crippen LogP contribution in [0.1, 0.15) is 28.7 Å². The zero-order chi connectivity index (χ0) is 17.3. The molecule has 4 rings (SSSR count). The van der Waals surface area contributed by atoms with Crippen molar-refractivity contribution in [3.8, 4) is 6.07 Å². The van der Waals surface area contributed by atoms with Crippen LogP contribution in [0.4, 0.5) is 0 Å². The average Bonchev–Trinajstić information content (AvgIpc) is 2.98. The van der Waals surface area contributed by atoms with E-state index in [9.17, 15) is 10.1 Å². The number of nitrogens with one attached hydrogen (secondary N) is 1. The lowest BCUT2D eigenvalue weighted by molar-refractivity contribution is -0.130. The van der Waals surface area contributed by atoms with E-state index in [1.54, 1.807) is 0 Å². The molecule has 0 aliphatic carbocycles. The summed E-state index contributed by atoms with van der Waals surface area (Å²) in [5.74, 6) is 0.166. The highest BCUT2D eigenvalue weighted by Gasteiger charge is 2.45. The van der Waals surface area contributed by atoms with E-state index in [4.69, 9.17) is 0 Å². The van der Waals surface area contributed by atoms with Crippen LogP contribution in [0.15, 0.2) is 48.5 Å². The van der Waals surface area contributed by atoms with Gasteiger partial charge < -0.3 is 5.32 Å². The van der Waals surface area contributed by atoms with Crippen LogP contribution < -0.4 is 5.32 Å². The molecule has 25 heavy (non-hydrogen) atoms. The molecule has 1 N–H and O–H groups in total. The lowest BCUT2D eigenvalue weighted by Crippen LogP contribution is -2.42. The Balaban J connectivity index is 1.56. The predicted octanol–water partition coefficient (Wildman–Crippen LogP) is 2.62. The lowest BCUT2D eigenvalue weighted by atomic mass is 9.80. The predicted molar refractivity (Wildman–Crippen MR) is 95.5 cm³/mol. The minimum atomic E-state index is -0.353. The van der Waals surface area contributed by atoms with Crippen LogP contribution >= 0.6 is 0 Å². The average molecular weight is 331 g/mol. The molecule has 2 aliphatic rings. The number of carbonyl (C=O) groups is 1. The fourth-order valence-corrected chi connectivity index (χ4v) is 4.14. The van der Waals surface area contributed by atoms with Gasteiger partial charge in [0.05, 0.1) is 17.0 Å². The summed E-state index contributed by atoms with van der Waals surface area (Å²) in [6.07, 6.45) is 1.66. The number of amides is 1. The molecule has 1 unspecified atom stereocenters. The van der Waals surface area contributed by atoms with Crippen LogP contribution in [-0.2, 0) is 24.3 Å². The van der Waals surface area contributed by atoms with Gasteiger partial charge in [-0.1, -0.05) is 42.5 Å². The van der Waals surface area contributed by atoms with Gasteiger partial charge >= 0.3 is 0 Å². The van der Waals surface area contributed by atoms with E-state index in [2.05, 4.69) is 34.5 Å². The summed E-state index contributed by atoms with van der Waals surface area (Å²) in [6, 6.07) is 18.3. The molecule has 1 fully saturated rings. The van der Waals surface area contributed by atoms with Crippen molar-refractivity contribution in [3.63, 3.8) is 0 Å². The van der Waals surface area contributed by atoms with E-state index in [1.807, 2.05) is 30.3 Å². The lowest BCUT2D eigenvalue weighted by Gasteiger charge is -2.26. The van der Waals surface area contributed by atoms with Gasteiger partial charge in [-0.3, -0.25) is 9.69 Å². The molecule has 1 atom stereocenters. The molecule has 2 aliphatic heterocycles. The topological polar surface area (TPSA) is 56.1 Å². The minimum Gasteiger partial charge on any atom is -0.351 e. The Kier molecular flexibility index (Phi) is 4.03. The Bertz CT molecular complexity index is 854. The molecular weight excluding hydrogens is 310 g/mol. The molecular formula is C21H21N3O. The molecule has 4 heteroatoms. The third-order valence-electron chi connectivity index (χ3n) is 5.53. The first-order valence-electron chi connectivity index (χ1n) is 8.76. The van der Waals surface area contributed by atoms with Gasteiger partial charge in [0.15, 0.2) is 0 Å². The summed E-state index contributed by atoms with van der Waals surface area (Å²) in [5, 5.41) is 12.4. The van der Waals surface area contributed by atoms with Gasteiger partial charge in [-0.05, 0) is 42.1 Å². The van der Waals surface area contributed by atoms with Crippen LogP contribution in [0.3, 0.4) is 0 Å². The van der Waals surface area contributed by atoms with Crippen molar-refractivity contribution in [3.05, 3.63) is 70.8 Å². The van der Waals surface area contributed by atoms with E-state index >= 15 is 0 Å². The van der Waals surface area contributed by atoms with Crippen LogP contribution in [0, 0.1) is 16.7 Å². The number of likely N-dealkylation sites (tertiary alicyclic amines) is 1. The Labute approximate surface area is 148 Å². The van der Waals surface area contributed by atoms with E-state index in [0.29, 0.717) is 6.54 Å². The van der Waals surface area contributed by atoms with E-state index in [-0.39, 0.29) is 11.3 Å². The molecule has 0 radical (unpaired) electrons. The normalized spacial score (nSPS) is 22.9. The Morgan fingerprint density at radius 1 is 1.12 bits per heavy atom. The fraction of sp³-hybridized carbons (Fsp3) is 0.333. The second-order valence-corrected chi connectivity index (χ2v) is 7.14. The molecule has 2 heterocycles. The molecule has 0 saturated carbocycles. The van der Waals surface area contributed by atoms with Crippen molar-refractivity contribution < 1.29 is 4.79 Å². The summed E-state index contributed by atoms with van der Waals surface area (Å²) in [4.78, 5) is 15.1. The van der Waals surface area contributed by atoms with Gasteiger partial charge in [-0.25, -0.2) is 0 Å². The van der Waals surface area contributed by atoms with Gasteiger partial charge in [0, 0.05) is 19.6 Å². The first kappa shape index (κ1) is 15.9. The van der Waals surface area contributed by atoms with Crippen molar-refractivity contribution in [1.82, 2.24) is 10.2 Å². The molecule has 1 spiro atoms. The molecule has 0 bridgehead atoms. The largest absolute Gasteiger partial charge is 0.351 e. The molecule has 1 amide bonds. The standard InChI is InChI=1S/C21H21N3O/c22-12-17-6-2-4-8-19(17)14-24-10-9-21(15-24)11-16-5-1-3-7-18(16)13-23-20(21)25/h1-8H,9-11,13-15H2,(H,23,25). The number of benzene rings is 2. The molecule has 2 aromatic rings. The Hall–Kier alpha value is -2.64. The van der Waals surface area contributed by atoms with E-state index in [0.717, 1.165) is 43.6 Å². The maximum absolute atomic E-state index is 12.8. The quantitative estimate of drug-likeness (QED) is 0.920. The van der Waals surface area contributed by atoms with Crippen LogP contribution in [-0.4, -0.2) is 23.9 Å². The number of carbonyl (C=O) groups excluding carboxylic acids is 1. The number of rotatable bonds is 2. The fourth-order valence-electron chi connectivity index (χ4n) is 4.14. The number of nitrogens with zero attached hydrogens (tertiary/aromatic N) is 2. The summed E-state index contributed by atoms with van der Waals surface area (Å²) >= 11 is 0. The van der Waals surface area contributed by atoms with Crippen molar-refractivity contribution in [2.24, 2.45) is 5.41 Å². The molecule has 126 valence electrons. The third-order valence-corrected chi connectivity index (χ3v) is 5.53. The summed E-state index contributed by atoms with van der Waals surface area (Å²) in [6.45, 7) is 2.97. The second kappa shape index (κ2) is 6.34. The van der Waals surface area contributed by atoms with Gasteiger partial charge in [-0.15, -0.1) is 0 Å². The van der Waals surface area contributed by atoms with Gasteiger partial charge in [-0.2, -0.15) is 5.26 Å². The first-order valence-corrected chi connectivity index (χ1v) is 8.76. The zero-order valence-corrected chi connectivity index (χ0v) is 14.2. The molecule has 2 aromatic carbocycles. The van der Waals surface area contributed by atoms with Gasteiger partial charge in [0.2, 0.25) is 5.91 Å². The minimum absolute atomic E-state index is 0.166. The maximum atomic E-state index is 12.8. The smallest absolute Gasteiger partial charge is 0.228 e. The highest BCUT2D eigenvalue weighted by Crippen LogP contribution is 2.37. The number of hydrogen-bond acceptors (Lipinski definition) is 3. The molecule has 4 nitrogen and oxygen atoms in total. The molecule has 1 saturated heterocycles. The van der Waals surface area contributed by atoms with E-state index < -0.39 is 0 Å². The number of nitriles is 1.